The van der Waals surface area contributed by atoms with Gasteiger partial charge in [-0.25, -0.2) is 8.78 Å². The molecule has 6 heteroatoms. The van der Waals surface area contributed by atoms with Crippen LogP contribution in [-0.2, 0) is 6.54 Å². The Hall–Kier alpha value is -1.01. The van der Waals surface area contributed by atoms with Gasteiger partial charge in [0.05, 0.1) is 20.8 Å². The number of thioether (sulfide) groups is 1. The smallest absolute Gasteiger partial charge is 0.250 e. The average Bonchev–Trinajstić information content (AvgIpc) is 2.37. The van der Waals surface area contributed by atoms with Gasteiger partial charge in [-0.2, -0.15) is 0 Å². The van der Waals surface area contributed by atoms with Crippen LogP contribution in [0.5, 0.6) is 11.5 Å². The summed E-state index contributed by atoms with van der Waals surface area (Å²) in [4.78, 5) is 0.981. The first-order valence-electron chi connectivity index (χ1n) is 5.40. The van der Waals surface area contributed by atoms with Crippen molar-refractivity contribution in [1.29, 1.82) is 0 Å². The molecule has 0 unspecified atom stereocenters. The lowest BCUT2D eigenvalue weighted by Crippen LogP contribution is -2.21. The molecule has 0 saturated heterocycles. The Morgan fingerprint density at radius 2 is 1.83 bits per heavy atom. The molecular formula is C12H17F2NO2S. The number of nitrogens with one attached hydrogen (secondary N) is 1. The van der Waals surface area contributed by atoms with Crippen LogP contribution in [0.3, 0.4) is 0 Å². The second kappa shape index (κ2) is 7.43. The van der Waals surface area contributed by atoms with Crippen molar-refractivity contribution >= 4 is 11.8 Å². The summed E-state index contributed by atoms with van der Waals surface area (Å²) in [5.41, 5.74) is 0.917. The minimum absolute atomic E-state index is 0.317. The Morgan fingerprint density at radius 1 is 1.22 bits per heavy atom. The van der Waals surface area contributed by atoms with Gasteiger partial charge in [0, 0.05) is 11.4 Å². The SMILES string of the molecule is COc1cc(CNCC(F)F)c(SC)cc1OC. The minimum Gasteiger partial charge on any atom is -0.493 e. The zero-order valence-electron chi connectivity index (χ0n) is 10.6. The predicted molar refractivity (Wildman–Crippen MR) is 69.0 cm³/mol. The number of hydrogen-bond acceptors (Lipinski definition) is 4. The molecule has 1 aromatic rings. The molecule has 0 spiro atoms. The monoisotopic (exact) mass is 277 g/mol. The van der Waals surface area contributed by atoms with Gasteiger partial charge in [-0.05, 0) is 24.0 Å². The van der Waals surface area contributed by atoms with E-state index in [4.69, 9.17) is 9.47 Å². The van der Waals surface area contributed by atoms with Crippen molar-refractivity contribution in [3.63, 3.8) is 0 Å². The molecule has 0 amide bonds. The first-order valence-corrected chi connectivity index (χ1v) is 6.62. The number of alkyl halides is 2. The van der Waals surface area contributed by atoms with Gasteiger partial charge in [-0.15, -0.1) is 11.8 Å². The Kier molecular flexibility index (Phi) is 6.21. The van der Waals surface area contributed by atoms with Gasteiger partial charge in [-0.1, -0.05) is 0 Å². The average molecular weight is 277 g/mol. The van der Waals surface area contributed by atoms with Crippen molar-refractivity contribution in [2.24, 2.45) is 0 Å². The first-order chi connectivity index (χ1) is 8.62. The molecule has 18 heavy (non-hydrogen) atoms. The second-order valence-corrected chi connectivity index (χ2v) is 4.39. The molecule has 0 aliphatic rings. The fourth-order valence-corrected chi connectivity index (χ4v) is 2.16. The molecule has 0 aromatic heterocycles. The molecule has 0 radical (unpaired) electrons. The lowest BCUT2D eigenvalue weighted by Gasteiger charge is -2.14. The van der Waals surface area contributed by atoms with Crippen molar-refractivity contribution in [2.45, 2.75) is 17.9 Å². The van der Waals surface area contributed by atoms with Gasteiger partial charge in [0.1, 0.15) is 0 Å². The lowest BCUT2D eigenvalue weighted by molar-refractivity contribution is 0.145. The normalized spacial score (nSPS) is 10.8. The van der Waals surface area contributed by atoms with Crippen molar-refractivity contribution in [1.82, 2.24) is 5.32 Å². The number of hydrogen-bond donors (Lipinski definition) is 1. The second-order valence-electron chi connectivity index (χ2n) is 3.54. The summed E-state index contributed by atoms with van der Waals surface area (Å²) in [6.07, 6.45) is -0.416. The topological polar surface area (TPSA) is 30.5 Å². The summed E-state index contributed by atoms with van der Waals surface area (Å²) < 4.78 is 34.5. The van der Waals surface area contributed by atoms with Gasteiger partial charge < -0.3 is 14.8 Å². The van der Waals surface area contributed by atoms with Crippen LogP contribution in [0.4, 0.5) is 8.78 Å². The molecule has 0 aliphatic carbocycles. The van der Waals surface area contributed by atoms with E-state index in [2.05, 4.69) is 5.32 Å². The molecule has 1 aromatic carbocycles. The van der Waals surface area contributed by atoms with E-state index in [1.807, 2.05) is 18.4 Å². The fraction of sp³-hybridized carbons (Fsp3) is 0.500. The molecule has 1 rings (SSSR count). The summed E-state index contributed by atoms with van der Waals surface area (Å²) in [7, 11) is 3.11. The number of methoxy groups -OCH3 is 2. The molecule has 0 fully saturated rings. The summed E-state index contributed by atoms with van der Waals surface area (Å²) in [6.45, 7) is 0.0586. The number of halogens is 2. The maximum Gasteiger partial charge on any atom is 0.250 e. The van der Waals surface area contributed by atoms with E-state index >= 15 is 0 Å². The molecule has 0 saturated carbocycles. The largest absolute Gasteiger partial charge is 0.493 e. The van der Waals surface area contributed by atoms with Gasteiger partial charge in [0.15, 0.2) is 11.5 Å². The summed E-state index contributed by atoms with van der Waals surface area (Å²) in [5.74, 6) is 1.24. The van der Waals surface area contributed by atoms with Crippen molar-refractivity contribution in [3.8, 4) is 11.5 Å². The highest BCUT2D eigenvalue weighted by Crippen LogP contribution is 2.34. The summed E-state index contributed by atoms with van der Waals surface area (Å²) in [5, 5.41) is 2.70. The van der Waals surface area contributed by atoms with E-state index < -0.39 is 6.43 Å². The van der Waals surface area contributed by atoms with Crippen LogP contribution < -0.4 is 14.8 Å². The van der Waals surface area contributed by atoms with Crippen LogP contribution in [-0.4, -0.2) is 33.4 Å². The third-order valence-electron chi connectivity index (χ3n) is 2.40. The van der Waals surface area contributed by atoms with Crippen LogP contribution >= 0.6 is 11.8 Å². The van der Waals surface area contributed by atoms with Gasteiger partial charge in [0.2, 0.25) is 0 Å². The highest BCUT2D eigenvalue weighted by molar-refractivity contribution is 7.98. The van der Waals surface area contributed by atoms with Crippen molar-refractivity contribution in [2.75, 3.05) is 27.0 Å². The summed E-state index contributed by atoms with van der Waals surface area (Å²) >= 11 is 1.54. The highest BCUT2D eigenvalue weighted by atomic mass is 32.2. The van der Waals surface area contributed by atoms with E-state index in [1.165, 1.54) is 11.8 Å². The zero-order chi connectivity index (χ0) is 13.5. The molecule has 0 aliphatic heterocycles. The third kappa shape index (κ3) is 4.03. The fourth-order valence-electron chi connectivity index (χ4n) is 1.55. The number of benzene rings is 1. The molecule has 102 valence electrons. The molecule has 1 N–H and O–H groups in total. The number of rotatable bonds is 7. The van der Waals surface area contributed by atoms with Crippen LogP contribution in [0.25, 0.3) is 0 Å². The maximum atomic E-state index is 12.1. The molecule has 0 bridgehead atoms. The molecule has 0 heterocycles. The minimum atomic E-state index is -2.34. The Bertz CT molecular complexity index is 389. The van der Waals surface area contributed by atoms with Crippen LogP contribution in [0.15, 0.2) is 17.0 Å². The van der Waals surface area contributed by atoms with Gasteiger partial charge >= 0.3 is 0 Å². The lowest BCUT2D eigenvalue weighted by atomic mass is 10.2. The van der Waals surface area contributed by atoms with E-state index in [0.29, 0.717) is 18.0 Å². The highest BCUT2D eigenvalue weighted by Gasteiger charge is 2.11. The van der Waals surface area contributed by atoms with Crippen LogP contribution in [0.2, 0.25) is 0 Å². The third-order valence-corrected chi connectivity index (χ3v) is 3.22. The standard InChI is InChI=1S/C12H17F2NO2S/c1-16-9-4-8(6-15-7-12(13)14)11(18-3)5-10(9)17-2/h4-5,12,15H,6-7H2,1-3H3. The Morgan fingerprint density at radius 3 is 2.33 bits per heavy atom. The maximum absolute atomic E-state index is 12.1. The molecule has 0 atom stereocenters. The first kappa shape index (κ1) is 15.0. The molecular weight excluding hydrogens is 260 g/mol. The predicted octanol–water partition coefficient (Wildman–Crippen LogP) is 2.78. The summed E-state index contributed by atoms with van der Waals surface area (Å²) in [6, 6.07) is 3.66. The Labute approximate surface area is 110 Å². The van der Waals surface area contributed by atoms with Crippen molar-refractivity contribution in [3.05, 3.63) is 17.7 Å². The van der Waals surface area contributed by atoms with E-state index in [1.54, 1.807) is 14.2 Å². The van der Waals surface area contributed by atoms with Crippen LogP contribution in [0, 0.1) is 0 Å². The van der Waals surface area contributed by atoms with Crippen molar-refractivity contribution < 1.29 is 18.3 Å². The molecule has 3 nitrogen and oxygen atoms in total. The van der Waals surface area contributed by atoms with E-state index in [9.17, 15) is 8.78 Å². The van der Waals surface area contributed by atoms with Gasteiger partial charge in [0.25, 0.3) is 6.43 Å². The zero-order valence-corrected chi connectivity index (χ0v) is 11.4. The number of ether oxygens (including phenoxy) is 2. The Balaban J connectivity index is 2.87. The van der Waals surface area contributed by atoms with Crippen LogP contribution in [0.1, 0.15) is 5.56 Å². The van der Waals surface area contributed by atoms with E-state index in [0.717, 1.165) is 10.5 Å². The van der Waals surface area contributed by atoms with Gasteiger partial charge in [-0.3, -0.25) is 0 Å². The van der Waals surface area contributed by atoms with E-state index in [-0.39, 0.29) is 6.54 Å². The quantitative estimate of drug-likeness (QED) is 0.776.